The van der Waals surface area contributed by atoms with Gasteiger partial charge >= 0.3 is 0 Å². The second kappa shape index (κ2) is 2.35. The van der Waals surface area contributed by atoms with Crippen molar-refractivity contribution in [2.75, 3.05) is 0 Å². The Labute approximate surface area is 81.1 Å². The summed E-state index contributed by atoms with van der Waals surface area (Å²) in [6, 6.07) is 6.65. The maximum absolute atomic E-state index is 3.63. The zero-order valence-electron chi connectivity index (χ0n) is 6.89. The van der Waals surface area contributed by atoms with Gasteiger partial charge in [0, 0.05) is 4.47 Å². The predicted octanol–water partition coefficient (Wildman–Crippen LogP) is 3.50. The summed E-state index contributed by atoms with van der Waals surface area (Å²) in [4.78, 5) is 0. The Hall–Kier alpha value is -0.300. The van der Waals surface area contributed by atoms with Gasteiger partial charge in [-0.15, -0.1) is 0 Å². The molecule has 0 bridgehead atoms. The van der Waals surface area contributed by atoms with E-state index in [1.165, 1.54) is 23.7 Å². The fourth-order valence-corrected chi connectivity index (χ4v) is 3.04. The molecule has 0 amide bonds. The van der Waals surface area contributed by atoms with E-state index < -0.39 is 0 Å². The van der Waals surface area contributed by atoms with Crippen molar-refractivity contribution in [3.63, 3.8) is 0 Å². The van der Waals surface area contributed by atoms with Gasteiger partial charge in [0.1, 0.15) is 0 Å². The third-order valence-corrected chi connectivity index (χ3v) is 3.99. The first-order valence-electron chi connectivity index (χ1n) is 4.63. The fraction of sp³-hybridized carbons (Fsp3) is 0.455. The Balaban J connectivity index is 2.18. The molecule has 1 aromatic rings. The first-order valence-corrected chi connectivity index (χ1v) is 5.43. The summed E-state index contributed by atoms with van der Waals surface area (Å²) in [7, 11) is 0. The third-order valence-electron chi connectivity index (χ3n) is 3.24. The highest BCUT2D eigenvalue weighted by Gasteiger charge is 2.42. The van der Waals surface area contributed by atoms with Crippen molar-refractivity contribution in [2.24, 2.45) is 5.92 Å². The van der Waals surface area contributed by atoms with Crippen molar-refractivity contribution in [2.45, 2.75) is 25.2 Å². The molecular formula is C11H11Br. The second-order valence-corrected chi connectivity index (χ2v) is 4.80. The molecule has 12 heavy (non-hydrogen) atoms. The van der Waals surface area contributed by atoms with Crippen LogP contribution in [0.4, 0.5) is 0 Å². The molecule has 2 aliphatic rings. The smallest absolute Gasteiger partial charge is 0.0210 e. The monoisotopic (exact) mass is 222 g/mol. The van der Waals surface area contributed by atoms with Crippen LogP contribution in [0.2, 0.25) is 0 Å². The maximum Gasteiger partial charge on any atom is 0.0210 e. The standard InChI is InChI=1S/C11H11Br/c12-11-3-1-2-8-9(11)5-4-7-6-10(7)8/h1-3,7,10H,4-6H2. The molecule has 0 radical (unpaired) electrons. The topological polar surface area (TPSA) is 0 Å². The Morgan fingerprint density at radius 1 is 1.33 bits per heavy atom. The number of rotatable bonds is 0. The lowest BCUT2D eigenvalue weighted by Crippen LogP contribution is -2.01. The maximum atomic E-state index is 3.63. The van der Waals surface area contributed by atoms with Gasteiger partial charge in [-0.05, 0) is 48.3 Å². The molecule has 62 valence electrons. The van der Waals surface area contributed by atoms with Gasteiger partial charge in [0.25, 0.3) is 0 Å². The zero-order valence-corrected chi connectivity index (χ0v) is 8.47. The van der Waals surface area contributed by atoms with Crippen LogP contribution in [0.15, 0.2) is 22.7 Å². The van der Waals surface area contributed by atoms with E-state index in [-0.39, 0.29) is 0 Å². The molecule has 1 aromatic carbocycles. The normalized spacial score (nSPS) is 30.8. The van der Waals surface area contributed by atoms with Crippen LogP contribution < -0.4 is 0 Å². The van der Waals surface area contributed by atoms with Gasteiger partial charge in [-0.2, -0.15) is 0 Å². The highest BCUT2D eigenvalue weighted by Crippen LogP contribution is 2.55. The molecule has 0 saturated heterocycles. The first-order chi connectivity index (χ1) is 5.86. The lowest BCUT2D eigenvalue weighted by molar-refractivity contribution is 0.665. The molecule has 1 fully saturated rings. The number of hydrogen-bond acceptors (Lipinski definition) is 0. The SMILES string of the molecule is Brc1cccc2c1CCC1CC21. The molecule has 2 unspecified atom stereocenters. The molecule has 1 heteroatoms. The van der Waals surface area contributed by atoms with Gasteiger partial charge < -0.3 is 0 Å². The lowest BCUT2D eigenvalue weighted by Gasteiger charge is -2.15. The van der Waals surface area contributed by atoms with Crippen LogP contribution >= 0.6 is 15.9 Å². The largest absolute Gasteiger partial charge is 0.0608 e. The molecule has 0 spiro atoms. The van der Waals surface area contributed by atoms with Crippen LogP contribution in [0, 0.1) is 5.92 Å². The van der Waals surface area contributed by atoms with E-state index in [1.54, 1.807) is 11.1 Å². The van der Waals surface area contributed by atoms with Crippen molar-refractivity contribution in [1.29, 1.82) is 0 Å². The molecular weight excluding hydrogens is 212 g/mol. The van der Waals surface area contributed by atoms with E-state index in [9.17, 15) is 0 Å². The van der Waals surface area contributed by atoms with Gasteiger partial charge in [0.15, 0.2) is 0 Å². The average molecular weight is 223 g/mol. The van der Waals surface area contributed by atoms with Gasteiger partial charge in [-0.1, -0.05) is 28.1 Å². The second-order valence-electron chi connectivity index (χ2n) is 3.95. The molecule has 0 heterocycles. The number of halogens is 1. The first kappa shape index (κ1) is 7.14. The Kier molecular flexibility index (Phi) is 1.40. The Morgan fingerprint density at radius 2 is 2.25 bits per heavy atom. The number of hydrogen-bond donors (Lipinski definition) is 0. The van der Waals surface area contributed by atoms with Gasteiger partial charge in [-0.3, -0.25) is 0 Å². The molecule has 1 saturated carbocycles. The molecule has 2 atom stereocenters. The fourth-order valence-electron chi connectivity index (χ4n) is 2.46. The number of fused-ring (bicyclic) bond motifs is 3. The highest BCUT2D eigenvalue weighted by atomic mass is 79.9. The van der Waals surface area contributed by atoms with Crippen molar-refractivity contribution in [3.8, 4) is 0 Å². The average Bonchev–Trinajstić information content (AvgIpc) is 2.83. The molecule has 0 nitrogen and oxygen atoms in total. The predicted molar refractivity (Wildman–Crippen MR) is 53.3 cm³/mol. The minimum atomic E-state index is 0.922. The zero-order chi connectivity index (χ0) is 8.13. The summed E-state index contributed by atoms with van der Waals surface area (Å²) < 4.78 is 1.32. The van der Waals surface area contributed by atoms with E-state index in [1.807, 2.05) is 0 Å². The van der Waals surface area contributed by atoms with Crippen LogP contribution in [0.1, 0.15) is 29.9 Å². The summed E-state index contributed by atoms with van der Waals surface area (Å²) in [5, 5.41) is 0. The molecule has 0 N–H and O–H groups in total. The minimum absolute atomic E-state index is 0.922. The van der Waals surface area contributed by atoms with E-state index in [0.717, 1.165) is 11.8 Å². The minimum Gasteiger partial charge on any atom is -0.0608 e. The van der Waals surface area contributed by atoms with Gasteiger partial charge in [-0.25, -0.2) is 0 Å². The molecule has 0 aromatic heterocycles. The summed E-state index contributed by atoms with van der Waals surface area (Å²) in [5.74, 6) is 1.96. The molecule has 3 rings (SSSR count). The van der Waals surface area contributed by atoms with Crippen molar-refractivity contribution in [3.05, 3.63) is 33.8 Å². The van der Waals surface area contributed by atoms with Crippen LogP contribution in [0.3, 0.4) is 0 Å². The van der Waals surface area contributed by atoms with Crippen molar-refractivity contribution < 1.29 is 0 Å². The third kappa shape index (κ3) is 0.891. The summed E-state index contributed by atoms with van der Waals surface area (Å²) in [5.41, 5.74) is 3.21. The van der Waals surface area contributed by atoms with Crippen LogP contribution in [-0.4, -0.2) is 0 Å². The molecule has 2 aliphatic carbocycles. The van der Waals surface area contributed by atoms with E-state index in [2.05, 4.69) is 34.1 Å². The Morgan fingerprint density at radius 3 is 3.17 bits per heavy atom. The van der Waals surface area contributed by atoms with Gasteiger partial charge in [0.2, 0.25) is 0 Å². The van der Waals surface area contributed by atoms with Gasteiger partial charge in [0.05, 0.1) is 0 Å². The van der Waals surface area contributed by atoms with Crippen LogP contribution in [-0.2, 0) is 6.42 Å². The van der Waals surface area contributed by atoms with E-state index in [4.69, 9.17) is 0 Å². The number of benzene rings is 1. The molecule has 0 aliphatic heterocycles. The summed E-state index contributed by atoms with van der Waals surface area (Å²) in [6.45, 7) is 0. The Bertz CT molecular complexity index is 330. The lowest BCUT2D eigenvalue weighted by atomic mass is 9.92. The van der Waals surface area contributed by atoms with Crippen LogP contribution in [0.5, 0.6) is 0 Å². The summed E-state index contributed by atoms with van der Waals surface area (Å²) >= 11 is 3.63. The van der Waals surface area contributed by atoms with Crippen molar-refractivity contribution in [1.82, 2.24) is 0 Å². The van der Waals surface area contributed by atoms with E-state index >= 15 is 0 Å². The quantitative estimate of drug-likeness (QED) is 0.631. The van der Waals surface area contributed by atoms with Crippen LogP contribution in [0.25, 0.3) is 0 Å². The van der Waals surface area contributed by atoms with E-state index in [0.29, 0.717) is 0 Å². The highest BCUT2D eigenvalue weighted by molar-refractivity contribution is 9.10. The summed E-state index contributed by atoms with van der Waals surface area (Å²) in [6.07, 6.45) is 4.15. The van der Waals surface area contributed by atoms with Crippen molar-refractivity contribution >= 4 is 15.9 Å².